The largest absolute Gasteiger partial charge is 0.497 e. The number of nitrogens with one attached hydrogen (secondary N) is 2. The number of pyridine rings is 1. The van der Waals surface area contributed by atoms with Gasteiger partial charge in [-0.05, 0) is 69.4 Å². The number of rotatable bonds is 7. The van der Waals surface area contributed by atoms with Gasteiger partial charge in [0.15, 0.2) is 0 Å². The molecule has 0 radical (unpaired) electrons. The molecule has 10 heteroatoms. The maximum Gasteiger partial charge on any atom is 0.276 e. The van der Waals surface area contributed by atoms with Gasteiger partial charge in [0, 0.05) is 48.9 Å². The SMILES string of the molecule is COc1ccc(CNc2ncc3cc(N4CCNc5c(C)cccc54)c(=O)n(C4CCC(C)(O)CC4)c3n2)c(OC)c1. The zero-order valence-corrected chi connectivity index (χ0v) is 24.6. The molecule has 1 saturated carbocycles. The topological polar surface area (TPSA) is 114 Å². The van der Waals surface area contributed by atoms with E-state index in [1.165, 1.54) is 0 Å². The molecule has 0 atom stereocenters. The third kappa shape index (κ3) is 5.22. The molecule has 0 amide bonds. The fourth-order valence-corrected chi connectivity index (χ4v) is 6.15. The second kappa shape index (κ2) is 11.2. The maximum absolute atomic E-state index is 14.4. The molecule has 4 aromatic rings. The van der Waals surface area contributed by atoms with Gasteiger partial charge in [0.05, 0.1) is 31.2 Å². The van der Waals surface area contributed by atoms with E-state index in [1.54, 1.807) is 20.4 Å². The van der Waals surface area contributed by atoms with E-state index in [4.69, 9.17) is 14.5 Å². The van der Waals surface area contributed by atoms with E-state index in [0.717, 1.165) is 34.4 Å². The Hall–Kier alpha value is -4.31. The predicted molar refractivity (Wildman–Crippen MR) is 165 cm³/mol. The second-order valence-electron chi connectivity index (χ2n) is 11.5. The fraction of sp³-hybridized carbons (Fsp3) is 0.406. The lowest BCUT2D eigenvalue weighted by molar-refractivity contribution is 0.0100. The average Bonchev–Trinajstić information content (AvgIpc) is 3.00. The van der Waals surface area contributed by atoms with Crippen molar-refractivity contribution in [3.63, 3.8) is 0 Å². The van der Waals surface area contributed by atoms with Crippen molar-refractivity contribution in [1.82, 2.24) is 14.5 Å². The lowest BCUT2D eigenvalue weighted by Crippen LogP contribution is -2.39. The zero-order valence-electron chi connectivity index (χ0n) is 24.6. The van der Waals surface area contributed by atoms with Crippen molar-refractivity contribution in [3.05, 3.63) is 70.1 Å². The number of ether oxygens (including phenoxy) is 2. The average molecular weight is 571 g/mol. The van der Waals surface area contributed by atoms with Gasteiger partial charge < -0.3 is 30.1 Å². The molecule has 1 fully saturated rings. The Bertz CT molecular complexity index is 1670. The molecule has 42 heavy (non-hydrogen) atoms. The van der Waals surface area contributed by atoms with Gasteiger partial charge in [0.1, 0.15) is 22.8 Å². The molecular formula is C32H38N6O4. The minimum Gasteiger partial charge on any atom is -0.497 e. The summed E-state index contributed by atoms with van der Waals surface area (Å²) in [7, 11) is 3.25. The minimum atomic E-state index is -0.721. The molecule has 0 spiro atoms. The van der Waals surface area contributed by atoms with Crippen LogP contribution in [-0.4, -0.2) is 52.6 Å². The van der Waals surface area contributed by atoms with Crippen LogP contribution in [0.25, 0.3) is 11.0 Å². The molecule has 0 unspecified atom stereocenters. The van der Waals surface area contributed by atoms with Crippen molar-refractivity contribution in [1.29, 1.82) is 0 Å². The number of anilines is 4. The molecule has 2 aromatic carbocycles. The molecule has 3 heterocycles. The molecule has 6 rings (SSSR count). The number of benzene rings is 2. The van der Waals surface area contributed by atoms with Crippen molar-refractivity contribution in [2.45, 2.75) is 57.7 Å². The molecule has 3 N–H and O–H groups in total. The van der Waals surface area contributed by atoms with E-state index < -0.39 is 5.60 Å². The molecule has 1 aliphatic carbocycles. The summed E-state index contributed by atoms with van der Waals surface area (Å²) in [6, 6.07) is 13.7. The molecule has 2 aliphatic rings. The number of hydrogen-bond acceptors (Lipinski definition) is 9. The third-order valence-corrected chi connectivity index (χ3v) is 8.55. The lowest BCUT2D eigenvalue weighted by Gasteiger charge is -2.36. The maximum atomic E-state index is 14.4. The first-order valence-electron chi connectivity index (χ1n) is 14.5. The Kier molecular flexibility index (Phi) is 7.40. The molecule has 220 valence electrons. The van der Waals surface area contributed by atoms with Crippen LogP contribution >= 0.6 is 0 Å². The monoisotopic (exact) mass is 570 g/mol. The van der Waals surface area contributed by atoms with Crippen molar-refractivity contribution in [2.75, 3.05) is 42.8 Å². The molecule has 0 saturated heterocycles. The highest BCUT2D eigenvalue weighted by Crippen LogP contribution is 2.39. The summed E-state index contributed by atoms with van der Waals surface area (Å²) in [6.07, 6.45) is 4.42. The summed E-state index contributed by atoms with van der Waals surface area (Å²) in [4.78, 5) is 26.0. The Labute approximate surface area is 245 Å². The van der Waals surface area contributed by atoms with Crippen LogP contribution in [0.1, 0.15) is 49.8 Å². The molecular weight excluding hydrogens is 532 g/mol. The Balaban J connectivity index is 1.41. The van der Waals surface area contributed by atoms with Crippen molar-refractivity contribution >= 4 is 34.0 Å². The number of aromatic nitrogens is 3. The Morgan fingerprint density at radius 2 is 1.93 bits per heavy atom. The van der Waals surface area contributed by atoms with Gasteiger partial charge in [-0.25, -0.2) is 4.98 Å². The summed E-state index contributed by atoms with van der Waals surface area (Å²) < 4.78 is 12.7. The molecule has 0 bridgehead atoms. The highest BCUT2D eigenvalue weighted by Gasteiger charge is 2.32. The number of hydrogen-bond donors (Lipinski definition) is 3. The van der Waals surface area contributed by atoms with Gasteiger partial charge in [-0.1, -0.05) is 12.1 Å². The first kappa shape index (κ1) is 27.8. The van der Waals surface area contributed by atoms with Gasteiger partial charge in [0.2, 0.25) is 5.95 Å². The van der Waals surface area contributed by atoms with E-state index in [9.17, 15) is 9.90 Å². The second-order valence-corrected chi connectivity index (χ2v) is 11.5. The number of fused-ring (bicyclic) bond motifs is 2. The minimum absolute atomic E-state index is 0.0788. The first-order chi connectivity index (χ1) is 20.3. The standard InChI is InChI=1S/C32H38N6O4/c1-20-6-5-7-25-28(20)33-14-15-37(25)26-16-22-19-35-31(34-18-21-8-9-24(41-3)17-27(21)42-4)36-29(22)38(30(26)39)23-10-12-32(2,40)13-11-23/h5-9,16-17,19,23,33,40H,10-15,18H2,1-4H3,(H,34,35,36). The Morgan fingerprint density at radius 1 is 1.12 bits per heavy atom. The molecule has 1 aliphatic heterocycles. The van der Waals surface area contributed by atoms with Crippen LogP contribution in [0, 0.1) is 6.92 Å². The molecule has 2 aromatic heterocycles. The summed E-state index contributed by atoms with van der Waals surface area (Å²) in [5, 5.41) is 18.3. The number of methoxy groups -OCH3 is 2. The fourth-order valence-electron chi connectivity index (χ4n) is 6.15. The van der Waals surface area contributed by atoms with Crippen LogP contribution in [0.2, 0.25) is 0 Å². The predicted octanol–water partition coefficient (Wildman–Crippen LogP) is 5.16. The summed E-state index contributed by atoms with van der Waals surface area (Å²) in [5.41, 5.74) is 4.51. The van der Waals surface area contributed by atoms with Crippen molar-refractivity contribution in [2.24, 2.45) is 0 Å². The van der Waals surface area contributed by atoms with Gasteiger partial charge in [0.25, 0.3) is 5.56 Å². The normalized spacial score (nSPS) is 20.1. The summed E-state index contributed by atoms with van der Waals surface area (Å²) in [5.74, 6) is 1.84. The van der Waals surface area contributed by atoms with Crippen LogP contribution in [-0.2, 0) is 6.54 Å². The number of aryl methyl sites for hydroxylation is 1. The van der Waals surface area contributed by atoms with Gasteiger partial charge in [-0.3, -0.25) is 9.36 Å². The van der Waals surface area contributed by atoms with Gasteiger partial charge >= 0.3 is 0 Å². The number of aliphatic hydroxyl groups is 1. The lowest BCUT2D eigenvalue weighted by atomic mass is 9.83. The highest BCUT2D eigenvalue weighted by atomic mass is 16.5. The van der Waals surface area contributed by atoms with E-state index >= 15 is 0 Å². The summed E-state index contributed by atoms with van der Waals surface area (Å²) in [6.45, 7) is 5.78. The van der Waals surface area contributed by atoms with Crippen LogP contribution in [0.15, 0.2) is 53.5 Å². The quantitative estimate of drug-likeness (QED) is 0.277. The Morgan fingerprint density at radius 3 is 2.69 bits per heavy atom. The van der Waals surface area contributed by atoms with Crippen LogP contribution in [0.5, 0.6) is 11.5 Å². The van der Waals surface area contributed by atoms with E-state index in [2.05, 4.69) is 39.6 Å². The zero-order chi connectivity index (χ0) is 29.4. The first-order valence-corrected chi connectivity index (χ1v) is 14.5. The van der Waals surface area contributed by atoms with E-state index in [1.807, 2.05) is 41.8 Å². The van der Waals surface area contributed by atoms with Gasteiger partial charge in [-0.2, -0.15) is 4.98 Å². The number of para-hydroxylation sites is 1. The highest BCUT2D eigenvalue weighted by molar-refractivity contribution is 5.85. The van der Waals surface area contributed by atoms with E-state index in [-0.39, 0.29) is 11.6 Å². The molecule has 10 nitrogen and oxygen atoms in total. The van der Waals surface area contributed by atoms with Gasteiger partial charge in [-0.15, -0.1) is 0 Å². The van der Waals surface area contributed by atoms with Crippen LogP contribution in [0.3, 0.4) is 0 Å². The van der Waals surface area contributed by atoms with E-state index in [0.29, 0.717) is 67.6 Å². The smallest absolute Gasteiger partial charge is 0.276 e. The van der Waals surface area contributed by atoms with Crippen molar-refractivity contribution < 1.29 is 14.6 Å². The van der Waals surface area contributed by atoms with Crippen LogP contribution in [0.4, 0.5) is 23.0 Å². The third-order valence-electron chi connectivity index (χ3n) is 8.55. The number of nitrogens with zero attached hydrogens (tertiary/aromatic N) is 4. The summed E-state index contributed by atoms with van der Waals surface area (Å²) >= 11 is 0. The van der Waals surface area contributed by atoms with Crippen molar-refractivity contribution in [3.8, 4) is 11.5 Å². The van der Waals surface area contributed by atoms with Crippen LogP contribution < -0.4 is 30.6 Å².